The first-order chi connectivity index (χ1) is 18.2. The maximum Gasteiger partial charge on any atom is 0.434 e. The van der Waals surface area contributed by atoms with E-state index in [1.807, 2.05) is 0 Å². The van der Waals surface area contributed by atoms with Crippen LogP contribution in [0.4, 0.5) is 17.6 Å². The van der Waals surface area contributed by atoms with Gasteiger partial charge in [-0.05, 0) is 30.5 Å². The molecule has 1 fully saturated rings. The Morgan fingerprint density at radius 2 is 1.92 bits per heavy atom. The quantitative estimate of drug-likeness (QED) is 0.263. The number of ether oxygens (including phenoxy) is 1. The van der Waals surface area contributed by atoms with Crippen molar-refractivity contribution in [3.8, 4) is 28.7 Å². The standard InChI is InChI=1S/C26H20F4N6O2/c1-36-11-19(26(28,29)30)35-23(36)15-6-5-14(16(27)9-15)10-18-22-17(7-8-31-18)34-25(38-22)20-21(13-3-4-13)32-12-33-24(20)37-2/h5-9,11-13H,3-4,10H2,1-2H3. The highest BCUT2D eigenvalue weighted by Gasteiger charge is 2.35. The van der Waals surface area contributed by atoms with Gasteiger partial charge in [-0.25, -0.2) is 24.3 Å². The van der Waals surface area contributed by atoms with Gasteiger partial charge < -0.3 is 13.7 Å². The molecule has 194 valence electrons. The second kappa shape index (κ2) is 8.89. The average Bonchev–Trinajstić information content (AvgIpc) is 3.51. The Morgan fingerprint density at radius 3 is 2.61 bits per heavy atom. The normalized spacial score (nSPS) is 13.8. The van der Waals surface area contributed by atoms with Gasteiger partial charge in [-0.15, -0.1) is 0 Å². The zero-order chi connectivity index (χ0) is 26.6. The summed E-state index contributed by atoms with van der Waals surface area (Å²) in [6.07, 6.45) is 1.37. The SMILES string of the molecule is COc1ncnc(C2CC2)c1-c1nc2ccnc(Cc3ccc(-c4nc(C(F)(F)F)cn4C)cc3F)c2o1. The number of pyridine rings is 1. The lowest BCUT2D eigenvalue weighted by molar-refractivity contribution is -0.140. The van der Waals surface area contributed by atoms with E-state index in [0.29, 0.717) is 34.1 Å². The van der Waals surface area contributed by atoms with Crippen LogP contribution in [-0.2, 0) is 19.6 Å². The molecule has 0 bridgehead atoms. The predicted octanol–water partition coefficient (Wildman–Crippen LogP) is 5.72. The lowest BCUT2D eigenvalue weighted by atomic mass is 10.1. The zero-order valence-corrected chi connectivity index (χ0v) is 20.3. The van der Waals surface area contributed by atoms with Crippen LogP contribution in [0.3, 0.4) is 0 Å². The molecule has 6 rings (SSSR count). The molecule has 0 amide bonds. The van der Waals surface area contributed by atoms with E-state index in [-0.39, 0.29) is 29.3 Å². The number of halogens is 4. The predicted molar refractivity (Wildman–Crippen MR) is 128 cm³/mol. The van der Waals surface area contributed by atoms with E-state index in [9.17, 15) is 13.2 Å². The largest absolute Gasteiger partial charge is 0.480 e. The maximum atomic E-state index is 15.1. The number of fused-ring (bicyclic) bond motifs is 1. The minimum absolute atomic E-state index is 0.00775. The van der Waals surface area contributed by atoms with Gasteiger partial charge in [0, 0.05) is 37.3 Å². The monoisotopic (exact) mass is 524 g/mol. The van der Waals surface area contributed by atoms with Crippen molar-refractivity contribution in [3.63, 3.8) is 0 Å². The molecule has 1 saturated carbocycles. The van der Waals surface area contributed by atoms with Gasteiger partial charge >= 0.3 is 6.18 Å². The molecule has 0 unspecified atom stereocenters. The topological polar surface area (TPSA) is 91.8 Å². The third-order valence-corrected chi connectivity index (χ3v) is 6.43. The second-order valence-corrected chi connectivity index (χ2v) is 9.08. The third-order valence-electron chi connectivity index (χ3n) is 6.43. The highest BCUT2D eigenvalue weighted by molar-refractivity contribution is 5.80. The molecule has 0 radical (unpaired) electrons. The zero-order valence-electron chi connectivity index (χ0n) is 20.3. The molecule has 1 aromatic carbocycles. The first kappa shape index (κ1) is 24.0. The number of benzene rings is 1. The molecular weight excluding hydrogens is 504 g/mol. The second-order valence-electron chi connectivity index (χ2n) is 9.08. The summed E-state index contributed by atoms with van der Waals surface area (Å²) in [5.74, 6) is 0.334. The number of aromatic nitrogens is 6. The molecule has 0 spiro atoms. The summed E-state index contributed by atoms with van der Waals surface area (Å²) < 4.78 is 67.1. The molecule has 0 atom stereocenters. The molecule has 0 aliphatic heterocycles. The third kappa shape index (κ3) is 4.25. The number of oxazole rings is 1. The van der Waals surface area contributed by atoms with Crippen LogP contribution in [0.5, 0.6) is 5.88 Å². The highest BCUT2D eigenvalue weighted by Crippen LogP contribution is 2.45. The van der Waals surface area contributed by atoms with Crippen molar-refractivity contribution >= 4 is 11.1 Å². The van der Waals surface area contributed by atoms with E-state index in [0.717, 1.165) is 30.8 Å². The molecule has 12 heteroatoms. The fourth-order valence-corrected chi connectivity index (χ4v) is 4.43. The highest BCUT2D eigenvalue weighted by atomic mass is 19.4. The van der Waals surface area contributed by atoms with Crippen molar-refractivity contribution in [2.45, 2.75) is 31.4 Å². The van der Waals surface area contributed by atoms with E-state index >= 15 is 4.39 Å². The maximum absolute atomic E-state index is 15.1. The van der Waals surface area contributed by atoms with Crippen molar-refractivity contribution < 1.29 is 26.7 Å². The molecule has 4 heterocycles. The van der Waals surface area contributed by atoms with Crippen LogP contribution < -0.4 is 4.74 Å². The Morgan fingerprint density at radius 1 is 1.11 bits per heavy atom. The summed E-state index contributed by atoms with van der Waals surface area (Å²) in [6, 6.07) is 5.89. The Bertz CT molecular complexity index is 1670. The molecule has 1 aliphatic rings. The number of nitrogens with zero attached hydrogens (tertiary/aromatic N) is 6. The molecule has 0 N–H and O–H groups in total. The summed E-state index contributed by atoms with van der Waals surface area (Å²) in [4.78, 5) is 21.3. The van der Waals surface area contributed by atoms with Gasteiger partial charge in [0.2, 0.25) is 11.8 Å². The van der Waals surface area contributed by atoms with Gasteiger partial charge in [-0.3, -0.25) is 4.98 Å². The molecule has 4 aromatic heterocycles. The van der Waals surface area contributed by atoms with Gasteiger partial charge in [0.1, 0.15) is 29.0 Å². The van der Waals surface area contributed by atoms with Gasteiger partial charge in [0.25, 0.3) is 0 Å². The van der Waals surface area contributed by atoms with Crippen molar-refractivity contribution in [1.82, 2.24) is 29.5 Å². The smallest absolute Gasteiger partial charge is 0.434 e. The van der Waals surface area contributed by atoms with Crippen LogP contribution in [0.15, 0.2) is 47.4 Å². The number of alkyl halides is 3. The van der Waals surface area contributed by atoms with Crippen molar-refractivity contribution in [2.75, 3.05) is 7.11 Å². The van der Waals surface area contributed by atoms with Gasteiger partial charge in [0.05, 0.1) is 18.5 Å². The first-order valence-corrected chi connectivity index (χ1v) is 11.8. The average molecular weight is 524 g/mol. The van der Waals surface area contributed by atoms with Crippen LogP contribution in [-0.4, -0.2) is 36.6 Å². The van der Waals surface area contributed by atoms with Crippen molar-refractivity contribution in [2.24, 2.45) is 7.05 Å². The summed E-state index contributed by atoms with van der Waals surface area (Å²) >= 11 is 0. The summed E-state index contributed by atoms with van der Waals surface area (Å²) in [5.41, 5.74) is 2.23. The van der Waals surface area contributed by atoms with Crippen LogP contribution >= 0.6 is 0 Å². The summed E-state index contributed by atoms with van der Waals surface area (Å²) in [6.45, 7) is 0. The van der Waals surface area contributed by atoms with Crippen molar-refractivity contribution in [1.29, 1.82) is 0 Å². The number of methoxy groups -OCH3 is 1. The van der Waals surface area contributed by atoms with Crippen LogP contribution in [0.1, 0.15) is 41.4 Å². The van der Waals surface area contributed by atoms with Crippen LogP contribution in [0, 0.1) is 5.82 Å². The van der Waals surface area contributed by atoms with Crippen LogP contribution in [0.25, 0.3) is 33.9 Å². The van der Waals surface area contributed by atoms with Gasteiger partial charge in [-0.1, -0.05) is 12.1 Å². The molecule has 0 saturated heterocycles. The van der Waals surface area contributed by atoms with E-state index in [2.05, 4.69) is 24.9 Å². The first-order valence-electron chi connectivity index (χ1n) is 11.8. The Labute approximate surface area is 213 Å². The molecular formula is C26H20F4N6O2. The fourth-order valence-electron chi connectivity index (χ4n) is 4.43. The summed E-state index contributed by atoms with van der Waals surface area (Å²) in [5, 5.41) is 0. The molecule has 38 heavy (non-hydrogen) atoms. The van der Waals surface area contributed by atoms with E-state index in [1.165, 1.54) is 37.2 Å². The lowest BCUT2D eigenvalue weighted by Crippen LogP contribution is -2.04. The summed E-state index contributed by atoms with van der Waals surface area (Å²) in [7, 11) is 2.94. The Hall–Kier alpha value is -4.35. The number of hydrogen-bond donors (Lipinski definition) is 0. The van der Waals surface area contributed by atoms with Gasteiger partial charge in [-0.2, -0.15) is 13.2 Å². The fraction of sp³-hybridized carbons (Fsp3) is 0.269. The van der Waals surface area contributed by atoms with E-state index in [4.69, 9.17) is 9.15 Å². The van der Waals surface area contributed by atoms with Gasteiger partial charge in [0.15, 0.2) is 11.3 Å². The van der Waals surface area contributed by atoms with Crippen molar-refractivity contribution in [3.05, 3.63) is 71.4 Å². The number of aryl methyl sites for hydroxylation is 1. The number of rotatable bonds is 6. The molecule has 1 aliphatic carbocycles. The number of imidazole rings is 1. The van der Waals surface area contributed by atoms with Crippen LogP contribution in [0.2, 0.25) is 0 Å². The minimum Gasteiger partial charge on any atom is -0.480 e. The molecule has 5 aromatic rings. The Kier molecular flexibility index (Phi) is 5.62. The molecule has 8 nitrogen and oxygen atoms in total. The number of hydrogen-bond acceptors (Lipinski definition) is 7. The lowest BCUT2D eigenvalue weighted by Gasteiger charge is -2.08. The Balaban J connectivity index is 1.35. The van der Waals surface area contributed by atoms with E-state index < -0.39 is 17.7 Å². The minimum atomic E-state index is -4.59. The van der Waals surface area contributed by atoms with E-state index in [1.54, 1.807) is 12.3 Å².